The maximum atomic E-state index is 11.9. The average Bonchev–Trinajstić information content (AvgIpc) is 2.85. The molecular weight excluding hydrogens is 326 g/mol. The first-order chi connectivity index (χ1) is 7.99. The summed E-state index contributed by atoms with van der Waals surface area (Å²) < 4.78 is 28.7. The van der Waals surface area contributed by atoms with Crippen LogP contribution in [-0.2, 0) is 23.6 Å². The Hall–Kier alpha value is -0.700. The summed E-state index contributed by atoms with van der Waals surface area (Å²) in [5.74, 6) is 0. The molecule has 0 amide bonds. The lowest BCUT2D eigenvalue weighted by molar-refractivity contribution is 0.581. The fourth-order valence-electron chi connectivity index (χ4n) is 1.23. The van der Waals surface area contributed by atoms with Crippen molar-refractivity contribution in [2.45, 2.75) is 11.4 Å². The second kappa shape index (κ2) is 4.89. The lowest BCUT2D eigenvalue weighted by Gasteiger charge is -2.03. The summed E-state index contributed by atoms with van der Waals surface area (Å²) in [6, 6.07) is 1.89. The molecule has 8 heteroatoms. The lowest BCUT2D eigenvalue weighted by Crippen LogP contribution is -2.22. The van der Waals surface area contributed by atoms with Gasteiger partial charge in [0.1, 0.15) is 4.90 Å². The summed E-state index contributed by atoms with van der Waals surface area (Å²) in [4.78, 5) is 1.12. The first kappa shape index (κ1) is 12.7. The Morgan fingerprint density at radius 2 is 2.35 bits per heavy atom. The number of nitrogens with one attached hydrogen (secondary N) is 1. The van der Waals surface area contributed by atoms with Crippen molar-refractivity contribution in [2.75, 3.05) is 0 Å². The number of hydrogen-bond acceptors (Lipinski definition) is 4. The number of sulfonamides is 1. The monoisotopic (exact) mass is 335 g/mol. The number of aromatic nitrogens is 2. The van der Waals surface area contributed by atoms with Crippen LogP contribution in [0.2, 0.25) is 0 Å². The number of halogens is 1. The van der Waals surface area contributed by atoms with Gasteiger partial charge in [-0.15, -0.1) is 11.3 Å². The number of aryl methyl sites for hydroxylation is 1. The second-order valence-corrected chi connectivity index (χ2v) is 6.99. The van der Waals surface area contributed by atoms with Gasteiger partial charge in [0.2, 0.25) is 10.0 Å². The van der Waals surface area contributed by atoms with Crippen LogP contribution in [0.1, 0.15) is 4.88 Å². The Labute approximate surface area is 112 Å². The van der Waals surface area contributed by atoms with Gasteiger partial charge in [-0.1, -0.05) is 0 Å². The van der Waals surface area contributed by atoms with Gasteiger partial charge in [-0.25, -0.2) is 13.1 Å². The van der Waals surface area contributed by atoms with E-state index in [2.05, 4.69) is 25.8 Å². The SMILES string of the molecule is Cn1cc(S(=O)(=O)NCc2sccc2Br)cn1. The van der Waals surface area contributed by atoms with E-state index in [4.69, 9.17) is 0 Å². The number of nitrogens with zero attached hydrogens (tertiary/aromatic N) is 2. The van der Waals surface area contributed by atoms with Crippen molar-refractivity contribution < 1.29 is 8.42 Å². The number of thiophene rings is 1. The minimum atomic E-state index is -3.48. The molecule has 2 aromatic rings. The smallest absolute Gasteiger partial charge is 0.244 e. The van der Waals surface area contributed by atoms with Crippen LogP contribution in [0.5, 0.6) is 0 Å². The highest BCUT2D eigenvalue weighted by molar-refractivity contribution is 9.10. The summed E-state index contributed by atoms with van der Waals surface area (Å²) in [5, 5.41) is 5.74. The van der Waals surface area contributed by atoms with Crippen LogP contribution < -0.4 is 4.72 Å². The molecule has 0 aliphatic heterocycles. The van der Waals surface area contributed by atoms with E-state index in [0.29, 0.717) is 0 Å². The predicted octanol–water partition coefficient (Wildman–Crippen LogP) is 1.72. The van der Waals surface area contributed by atoms with E-state index < -0.39 is 10.0 Å². The van der Waals surface area contributed by atoms with Crippen LogP contribution >= 0.6 is 27.3 Å². The zero-order valence-electron chi connectivity index (χ0n) is 8.92. The standard InChI is InChI=1S/C9H10BrN3O2S2/c1-13-6-7(4-11-13)17(14,15)12-5-9-8(10)2-3-16-9/h2-4,6,12H,5H2,1H3. The first-order valence-corrected chi connectivity index (χ1v) is 7.85. The van der Waals surface area contributed by atoms with Gasteiger partial charge in [-0.2, -0.15) is 5.10 Å². The van der Waals surface area contributed by atoms with E-state index in [1.165, 1.54) is 28.4 Å². The van der Waals surface area contributed by atoms with E-state index >= 15 is 0 Å². The molecule has 0 atom stereocenters. The molecule has 0 aromatic carbocycles. The van der Waals surface area contributed by atoms with Crippen molar-refractivity contribution in [1.82, 2.24) is 14.5 Å². The normalized spacial score (nSPS) is 11.9. The Bertz CT molecular complexity index is 618. The van der Waals surface area contributed by atoms with Crippen LogP contribution in [0, 0.1) is 0 Å². The summed E-state index contributed by atoms with van der Waals surface area (Å²) in [6.45, 7) is 0.273. The van der Waals surface area contributed by atoms with Gasteiger partial charge in [0, 0.05) is 29.1 Å². The zero-order valence-corrected chi connectivity index (χ0v) is 12.1. The summed E-state index contributed by atoms with van der Waals surface area (Å²) in [5.41, 5.74) is 0. The summed E-state index contributed by atoms with van der Waals surface area (Å²) in [7, 11) is -1.80. The molecular formula is C9H10BrN3O2S2. The van der Waals surface area contributed by atoms with Gasteiger partial charge in [-0.05, 0) is 27.4 Å². The van der Waals surface area contributed by atoms with E-state index in [9.17, 15) is 8.42 Å². The molecule has 2 rings (SSSR count). The van der Waals surface area contributed by atoms with Crippen molar-refractivity contribution in [3.63, 3.8) is 0 Å². The molecule has 0 unspecified atom stereocenters. The van der Waals surface area contributed by atoms with E-state index in [1.807, 2.05) is 11.4 Å². The Morgan fingerprint density at radius 1 is 1.59 bits per heavy atom. The molecule has 0 radical (unpaired) electrons. The third-order valence-electron chi connectivity index (χ3n) is 2.11. The molecule has 0 fully saturated rings. The Morgan fingerprint density at radius 3 is 2.88 bits per heavy atom. The first-order valence-electron chi connectivity index (χ1n) is 4.69. The number of hydrogen-bond donors (Lipinski definition) is 1. The minimum Gasteiger partial charge on any atom is -0.274 e. The molecule has 2 aromatic heterocycles. The third kappa shape index (κ3) is 2.95. The highest BCUT2D eigenvalue weighted by atomic mass is 79.9. The van der Waals surface area contributed by atoms with E-state index in [1.54, 1.807) is 7.05 Å². The molecule has 5 nitrogen and oxygen atoms in total. The Kier molecular flexibility index (Phi) is 3.67. The quantitative estimate of drug-likeness (QED) is 0.925. The van der Waals surface area contributed by atoms with Crippen molar-refractivity contribution in [2.24, 2.45) is 7.05 Å². The van der Waals surface area contributed by atoms with Gasteiger partial charge < -0.3 is 0 Å². The maximum absolute atomic E-state index is 11.9. The molecule has 92 valence electrons. The van der Waals surface area contributed by atoms with Gasteiger partial charge in [0.05, 0.1) is 6.20 Å². The molecule has 1 N–H and O–H groups in total. The van der Waals surface area contributed by atoms with Crippen molar-refractivity contribution >= 4 is 37.3 Å². The van der Waals surface area contributed by atoms with Crippen molar-refractivity contribution in [1.29, 1.82) is 0 Å². The van der Waals surface area contributed by atoms with Crippen LogP contribution in [0.25, 0.3) is 0 Å². The zero-order chi connectivity index (χ0) is 12.5. The van der Waals surface area contributed by atoms with Gasteiger partial charge >= 0.3 is 0 Å². The molecule has 0 bridgehead atoms. The largest absolute Gasteiger partial charge is 0.274 e. The van der Waals surface area contributed by atoms with Crippen LogP contribution in [0.4, 0.5) is 0 Å². The number of rotatable bonds is 4. The van der Waals surface area contributed by atoms with Crippen LogP contribution in [0.3, 0.4) is 0 Å². The highest BCUT2D eigenvalue weighted by Gasteiger charge is 2.16. The molecule has 0 aliphatic carbocycles. The molecule has 17 heavy (non-hydrogen) atoms. The van der Waals surface area contributed by atoms with E-state index in [-0.39, 0.29) is 11.4 Å². The molecule has 0 aliphatic rings. The van der Waals surface area contributed by atoms with E-state index in [0.717, 1.165) is 9.35 Å². The third-order valence-corrected chi connectivity index (χ3v) is 5.39. The van der Waals surface area contributed by atoms with Gasteiger partial charge in [0.15, 0.2) is 0 Å². The van der Waals surface area contributed by atoms with Crippen molar-refractivity contribution in [3.05, 3.63) is 33.2 Å². The molecule has 0 saturated carbocycles. The Balaban J connectivity index is 2.11. The summed E-state index contributed by atoms with van der Waals surface area (Å²) >= 11 is 4.85. The second-order valence-electron chi connectivity index (χ2n) is 3.37. The molecule has 2 heterocycles. The fraction of sp³-hybridized carbons (Fsp3) is 0.222. The highest BCUT2D eigenvalue weighted by Crippen LogP contribution is 2.22. The van der Waals surface area contributed by atoms with Crippen LogP contribution in [-0.4, -0.2) is 18.2 Å². The van der Waals surface area contributed by atoms with Gasteiger partial charge in [0.25, 0.3) is 0 Å². The van der Waals surface area contributed by atoms with Crippen molar-refractivity contribution in [3.8, 4) is 0 Å². The van der Waals surface area contributed by atoms with Gasteiger partial charge in [-0.3, -0.25) is 4.68 Å². The molecule has 0 saturated heterocycles. The summed E-state index contributed by atoms with van der Waals surface area (Å²) in [6.07, 6.45) is 2.79. The minimum absolute atomic E-state index is 0.174. The molecule has 0 spiro atoms. The van der Waals surface area contributed by atoms with Crippen LogP contribution in [0.15, 0.2) is 33.2 Å². The maximum Gasteiger partial charge on any atom is 0.244 e. The average molecular weight is 336 g/mol. The predicted molar refractivity (Wildman–Crippen MR) is 69.3 cm³/mol. The lowest BCUT2D eigenvalue weighted by atomic mass is 10.5. The topological polar surface area (TPSA) is 64.0 Å². The fourth-order valence-corrected chi connectivity index (χ4v) is 3.73.